The van der Waals surface area contributed by atoms with Crippen molar-refractivity contribution in [1.82, 2.24) is 4.90 Å². The fourth-order valence-corrected chi connectivity index (χ4v) is 4.54. The van der Waals surface area contributed by atoms with Crippen molar-refractivity contribution in [3.8, 4) is 11.5 Å². The SMILES string of the molecule is COc1cc2c(cc1OCC(N)=O)CCN1CC(c3ccccc3)C(N)CC21. The van der Waals surface area contributed by atoms with Crippen molar-refractivity contribution in [3.05, 3.63) is 59.2 Å². The second-order valence-corrected chi connectivity index (χ2v) is 7.63. The Labute approximate surface area is 165 Å². The number of benzene rings is 2. The predicted molar refractivity (Wildman–Crippen MR) is 107 cm³/mol. The number of hydrogen-bond acceptors (Lipinski definition) is 5. The molecule has 1 fully saturated rings. The number of hydrogen-bond donors (Lipinski definition) is 2. The fourth-order valence-electron chi connectivity index (χ4n) is 4.54. The summed E-state index contributed by atoms with van der Waals surface area (Å²) in [6.07, 6.45) is 1.83. The molecule has 2 aliphatic rings. The molecule has 2 aliphatic heterocycles. The van der Waals surface area contributed by atoms with E-state index in [9.17, 15) is 4.79 Å². The molecule has 28 heavy (non-hydrogen) atoms. The van der Waals surface area contributed by atoms with Gasteiger partial charge in [-0.3, -0.25) is 9.69 Å². The Kier molecular flexibility index (Phi) is 5.24. The van der Waals surface area contributed by atoms with Crippen LogP contribution in [0.4, 0.5) is 0 Å². The summed E-state index contributed by atoms with van der Waals surface area (Å²) in [6.45, 7) is 1.78. The molecule has 3 atom stereocenters. The minimum atomic E-state index is -0.504. The highest BCUT2D eigenvalue weighted by molar-refractivity contribution is 5.75. The van der Waals surface area contributed by atoms with Crippen LogP contribution in [0, 0.1) is 0 Å². The van der Waals surface area contributed by atoms with Crippen LogP contribution in [0.5, 0.6) is 11.5 Å². The first-order valence-electron chi connectivity index (χ1n) is 9.73. The first kappa shape index (κ1) is 18.8. The lowest BCUT2D eigenvalue weighted by Gasteiger charge is -2.46. The maximum atomic E-state index is 11.1. The maximum absolute atomic E-state index is 11.1. The molecule has 4 rings (SSSR count). The number of nitrogens with zero attached hydrogens (tertiary/aromatic N) is 1. The topological polar surface area (TPSA) is 90.8 Å². The third kappa shape index (κ3) is 3.57. The number of nitrogens with two attached hydrogens (primary N) is 2. The van der Waals surface area contributed by atoms with Gasteiger partial charge in [-0.05, 0) is 41.7 Å². The second-order valence-electron chi connectivity index (χ2n) is 7.63. The van der Waals surface area contributed by atoms with Crippen LogP contribution in [-0.4, -0.2) is 43.7 Å². The van der Waals surface area contributed by atoms with E-state index in [-0.39, 0.29) is 18.7 Å². The summed E-state index contributed by atoms with van der Waals surface area (Å²) in [7, 11) is 1.61. The van der Waals surface area contributed by atoms with E-state index in [1.165, 1.54) is 16.7 Å². The summed E-state index contributed by atoms with van der Waals surface area (Å²) in [5.74, 6) is 1.03. The molecule has 1 saturated heterocycles. The number of primary amides is 1. The van der Waals surface area contributed by atoms with Crippen LogP contribution in [0.1, 0.15) is 35.1 Å². The van der Waals surface area contributed by atoms with Gasteiger partial charge in [-0.15, -0.1) is 0 Å². The van der Waals surface area contributed by atoms with Crippen molar-refractivity contribution >= 4 is 5.91 Å². The molecule has 148 valence electrons. The van der Waals surface area contributed by atoms with Gasteiger partial charge in [-0.2, -0.15) is 0 Å². The number of rotatable bonds is 5. The number of fused-ring (bicyclic) bond motifs is 3. The van der Waals surface area contributed by atoms with Crippen LogP contribution in [-0.2, 0) is 11.2 Å². The largest absolute Gasteiger partial charge is 0.493 e. The van der Waals surface area contributed by atoms with E-state index in [0.717, 1.165) is 25.9 Å². The first-order chi connectivity index (χ1) is 13.6. The Morgan fingerprint density at radius 3 is 2.71 bits per heavy atom. The maximum Gasteiger partial charge on any atom is 0.255 e. The van der Waals surface area contributed by atoms with Crippen molar-refractivity contribution < 1.29 is 14.3 Å². The molecule has 0 radical (unpaired) electrons. The van der Waals surface area contributed by atoms with E-state index in [4.69, 9.17) is 20.9 Å². The van der Waals surface area contributed by atoms with Crippen molar-refractivity contribution in [2.45, 2.75) is 30.8 Å². The summed E-state index contributed by atoms with van der Waals surface area (Å²) in [5.41, 5.74) is 15.6. The second kappa shape index (κ2) is 7.81. The number of carbonyl (C=O) groups excluding carboxylic acids is 1. The monoisotopic (exact) mass is 381 g/mol. The van der Waals surface area contributed by atoms with Gasteiger partial charge in [-0.25, -0.2) is 0 Å². The molecule has 0 bridgehead atoms. The predicted octanol–water partition coefficient (Wildman–Crippen LogP) is 1.97. The molecule has 3 unspecified atom stereocenters. The Hall–Kier alpha value is -2.57. The van der Waals surface area contributed by atoms with Gasteiger partial charge in [0.2, 0.25) is 0 Å². The van der Waals surface area contributed by atoms with E-state index >= 15 is 0 Å². The molecule has 0 spiro atoms. The van der Waals surface area contributed by atoms with Gasteiger partial charge >= 0.3 is 0 Å². The molecule has 4 N–H and O–H groups in total. The highest BCUT2D eigenvalue weighted by Gasteiger charge is 2.38. The molecule has 6 nitrogen and oxygen atoms in total. The summed E-state index contributed by atoms with van der Waals surface area (Å²) in [4.78, 5) is 13.6. The zero-order chi connectivity index (χ0) is 19.7. The Balaban J connectivity index is 1.60. The van der Waals surface area contributed by atoms with Gasteiger partial charge in [0.25, 0.3) is 5.91 Å². The summed E-state index contributed by atoms with van der Waals surface area (Å²) >= 11 is 0. The quantitative estimate of drug-likeness (QED) is 0.826. The van der Waals surface area contributed by atoms with Gasteiger partial charge in [-0.1, -0.05) is 30.3 Å². The number of amides is 1. The van der Waals surface area contributed by atoms with Crippen molar-refractivity contribution in [1.29, 1.82) is 0 Å². The molecular weight excluding hydrogens is 354 g/mol. The molecule has 0 aliphatic carbocycles. The van der Waals surface area contributed by atoms with E-state index < -0.39 is 5.91 Å². The van der Waals surface area contributed by atoms with E-state index in [2.05, 4.69) is 29.2 Å². The fraction of sp³-hybridized carbons (Fsp3) is 0.409. The molecule has 2 aromatic rings. The molecular formula is C22H27N3O3. The normalized spacial score (nSPS) is 24.1. The zero-order valence-electron chi connectivity index (χ0n) is 16.1. The average Bonchev–Trinajstić information content (AvgIpc) is 2.71. The zero-order valence-corrected chi connectivity index (χ0v) is 16.1. The van der Waals surface area contributed by atoms with Crippen LogP contribution in [0.2, 0.25) is 0 Å². The molecule has 0 aromatic heterocycles. The van der Waals surface area contributed by atoms with E-state index in [1.54, 1.807) is 7.11 Å². The van der Waals surface area contributed by atoms with Crippen LogP contribution in [0.3, 0.4) is 0 Å². The summed E-state index contributed by atoms with van der Waals surface area (Å²) in [6, 6.07) is 15.0. The smallest absolute Gasteiger partial charge is 0.255 e. The van der Waals surface area contributed by atoms with Gasteiger partial charge < -0.3 is 20.9 Å². The first-order valence-corrected chi connectivity index (χ1v) is 9.73. The van der Waals surface area contributed by atoms with Crippen LogP contribution >= 0.6 is 0 Å². The van der Waals surface area contributed by atoms with E-state index in [0.29, 0.717) is 17.4 Å². The minimum Gasteiger partial charge on any atom is -0.493 e. The average molecular weight is 381 g/mol. The molecule has 1 amide bonds. The lowest BCUT2D eigenvalue weighted by molar-refractivity contribution is -0.119. The van der Waals surface area contributed by atoms with Crippen LogP contribution in [0.15, 0.2) is 42.5 Å². The number of ether oxygens (including phenoxy) is 2. The van der Waals surface area contributed by atoms with Gasteiger partial charge in [0.1, 0.15) is 0 Å². The highest BCUT2D eigenvalue weighted by Crippen LogP contribution is 2.44. The lowest BCUT2D eigenvalue weighted by atomic mass is 9.78. The summed E-state index contributed by atoms with van der Waals surface area (Å²) < 4.78 is 11.1. The number of carbonyl (C=O) groups is 1. The molecule has 2 aromatic carbocycles. The van der Waals surface area contributed by atoms with Gasteiger partial charge in [0.15, 0.2) is 18.1 Å². The van der Waals surface area contributed by atoms with Crippen molar-refractivity contribution in [2.24, 2.45) is 11.5 Å². The summed E-state index contributed by atoms with van der Waals surface area (Å²) in [5, 5.41) is 0. The standard InChI is InChI=1S/C22H27N3O3/c1-27-20-10-16-15(9-21(20)28-13-22(24)26)7-8-25-12-17(18(23)11-19(16)25)14-5-3-2-4-6-14/h2-6,9-10,17-19H,7-8,11-13,23H2,1H3,(H2,24,26). The Morgan fingerprint density at radius 2 is 2.00 bits per heavy atom. The van der Waals surface area contributed by atoms with E-state index in [1.807, 2.05) is 18.2 Å². The van der Waals surface area contributed by atoms with Gasteiger partial charge in [0, 0.05) is 31.1 Å². The van der Waals surface area contributed by atoms with Gasteiger partial charge in [0.05, 0.1) is 7.11 Å². The molecule has 6 heteroatoms. The number of methoxy groups -OCH3 is 1. The Morgan fingerprint density at radius 1 is 1.21 bits per heavy atom. The molecule has 2 heterocycles. The minimum absolute atomic E-state index is 0.103. The third-order valence-electron chi connectivity index (χ3n) is 5.93. The van der Waals surface area contributed by atoms with Crippen LogP contribution < -0.4 is 20.9 Å². The number of piperidine rings is 1. The lowest BCUT2D eigenvalue weighted by Crippen LogP contribution is -2.49. The van der Waals surface area contributed by atoms with Crippen LogP contribution in [0.25, 0.3) is 0 Å². The highest BCUT2D eigenvalue weighted by atomic mass is 16.5. The molecule has 0 saturated carbocycles. The third-order valence-corrected chi connectivity index (χ3v) is 5.93. The van der Waals surface area contributed by atoms with Crippen molar-refractivity contribution in [2.75, 3.05) is 26.8 Å². The Bertz CT molecular complexity index is 856. The van der Waals surface area contributed by atoms with Crippen molar-refractivity contribution in [3.63, 3.8) is 0 Å².